The van der Waals surface area contributed by atoms with Gasteiger partial charge in [0.25, 0.3) is 0 Å². The summed E-state index contributed by atoms with van der Waals surface area (Å²) in [6, 6.07) is 0.360. The maximum Gasteiger partial charge on any atom is 0.220 e. The molecule has 2 fully saturated rings. The Balaban J connectivity index is 0.00000200. The molecule has 118 valence electrons. The molecule has 0 heterocycles. The predicted octanol–water partition coefficient (Wildman–Crippen LogP) is 3.40. The van der Waals surface area contributed by atoms with Crippen LogP contribution in [0.5, 0.6) is 0 Å². The van der Waals surface area contributed by atoms with Crippen LogP contribution >= 0.6 is 12.4 Å². The predicted molar refractivity (Wildman–Crippen MR) is 86.0 cm³/mol. The first-order valence-corrected chi connectivity index (χ1v) is 7.97. The first-order chi connectivity index (χ1) is 8.97. The summed E-state index contributed by atoms with van der Waals surface area (Å²) in [7, 11) is 0. The number of carbonyl (C=O) groups excluding carboxylic acids is 1. The van der Waals surface area contributed by atoms with Crippen LogP contribution < -0.4 is 11.1 Å². The molecule has 0 bridgehead atoms. The van der Waals surface area contributed by atoms with Gasteiger partial charge in [0.15, 0.2) is 0 Å². The smallest absolute Gasteiger partial charge is 0.220 e. The first kappa shape index (κ1) is 17.8. The van der Waals surface area contributed by atoms with Crippen LogP contribution in [0.3, 0.4) is 0 Å². The van der Waals surface area contributed by atoms with Gasteiger partial charge in [-0.1, -0.05) is 39.5 Å². The fourth-order valence-electron chi connectivity index (χ4n) is 3.94. The number of nitrogens with one attached hydrogen (secondary N) is 1. The maximum absolute atomic E-state index is 12.4. The monoisotopic (exact) mass is 302 g/mol. The minimum atomic E-state index is 0. The lowest BCUT2D eigenvalue weighted by Gasteiger charge is -2.36. The number of nitrogens with two attached hydrogens (primary N) is 1. The minimum Gasteiger partial charge on any atom is -0.353 e. The lowest BCUT2D eigenvalue weighted by Crippen LogP contribution is -2.45. The second-order valence-electron chi connectivity index (χ2n) is 7.44. The highest BCUT2D eigenvalue weighted by atomic mass is 35.5. The molecule has 3 nitrogen and oxygen atoms in total. The third-order valence-corrected chi connectivity index (χ3v) is 5.48. The number of carbonyl (C=O) groups is 1. The third-order valence-electron chi connectivity index (χ3n) is 5.48. The fourth-order valence-corrected chi connectivity index (χ4v) is 3.94. The van der Waals surface area contributed by atoms with E-state index in [1.54, 1.807) is 0 Å². The molecule has 0 aromatic heterocycles. The molecule has 1 unspecified atom stereocenters. The highest BCUT2D eigenvalue weighted by Gasteiger charge is 2.38. The molecular weight excluding hydrogens is 272 g/mol. The Kier molecular flexibility index (Phi) is 6.33. The Morgan fingerprint density at radius 1 is 1.15 bits per heavy atom. The zero-order valence-electron chi connectivity index (χ0n) is 13.0. The van der Waals surface area contributed by atoms with E-state index in [1.165, 1.54) is 32.1 Å². The van der Waals surface area contributed by atoms with Crippen LogP contribution in [0, 0.1) is 10.8 Å². The summed E-state index contributed by atoms with van der Waals surface area (Å²) in [4.78, 5) is 12.4. The molecule has 0 aromatic carbocycles. The van der Waals surface area contributed by atoms with Crippen molar-refractivity contribution in [1.82, 2.24) is 5.32 Å². The lowest BCUT2D eigenvalue weighted by atomic mass is 9.71. The Morgan fingerprint density at radius 2 is 1.80 bits per heavy atom. The average Bonchev–Trinajstić information content (AvgIpc) is 2.70. The number of hydrogen-bond donors (Lipinski definition) is 2. The van der Waals surface area contributed by atoms with E-state index in [4.69, 9.17) is 5.73 Å². The topological polar surface area (TPSA) is 55.1 Å². The molecule has 0 aliphatic heterocycles. The van der Waals surface area contributed by atoms with Crippen LogP contribution in [-0.2, 0) is 4.79 Å². The molecule has 1 atom stereocenters. The molecule has 2 aliphatic rings. The first-order valence-electron chi connectivity index (χ1n) is 7.97. The van der Waals surface area contributed by atoms with Crippen LogP contribution in [-0.4, -0.2) is 18.5 Å². The van der Waals surface area contributed by atoms with Crippen molar-refractivity contribution in [3.63, 3.8) is 0 Å². The van der Waals surface area contributed by atoms with Crippen molar-refractivity contribution >= 4 is 18.3 Å². The van der Waals surface area contributed by atoms with Gasteiger partial charge in [-0.2, -0.15) is 0 Å². The number of hydrogen-bond acceptors (Lipinski definition) is 2. The Bertz CT molecular complexity index is 324. The van der Waals surface area contributed by atoms with Crippen molar-refractivity contribution in [2.75, 3.05) is 6.54 Å². The van der Waals surface area contributed by atoms with Crippen LogP contribution in [0.2, 0.25) is 0 Å². The average molecular weight is 303 g/mol. The molecule has 2 rings (SSSR count). The van der Waals surface area contributed by atoms with Gasteiger partial charge < -0.3 is 11.1 Å². The normalized spacial score (nSPS) is 27.6. The summed E-state index contributed by atoms with van der Waals surface area (Å²) in [5.41, 5.74) is 6.32. The molecule has 3 N–H and O–H groups in total. The maximum atomic E-state index is 12.4. The zero-order valence-corrected chi connectivity index (χ0v) is 13.9. The fraction of sp³-hybridized carbons (Fsp3) is 0.938. The van der Waals surface area contributed by atoms with Crippen LogP contribution in [0.25, 0.3) is 0 Å². The Labute approximate surface area is 129 Å². The SMILES string of the molecule is CC1(C)CCCC1NC(=O)CC1(CN)CCCCC1.Cl. The standard InChI is InChI=1S/C16H30N2O.ClH/c1-15(2)8-6-7-13(15)18-14(19)11-16(12-17)9-4-3-5-10-16;/h13H,3-12,17H2,1-2H3,(H,18,19);1H. The Morgan fingerprint density at radius 3 is 2.30 bits per heavy atom. The van der Waals surface area contributed by atoms with Crippen molar-refractivity contribution < 1.29 is 4.79 Å². The second kappa shape index (κ2) is 7.13. The summed E-state index contributed by atoms with van der Waals surface area (Å²) >= 11 is 0. The van der Waals surface area contributed by atoms with Gasteiger partial charge in [-0.15, -0.1) is 12.4 Å². The molecule has 0 saturated heterocycles. The van der Waals surface area contributed by atoms with Gasteiger partial charge in [-0.3, -0.25) is 4.79 Å². The summed E-state index contributed by atoms with van der Waals surface area (Å²) in [6.45, 7) is 5.20. The number of amides is 1. The second-order valence-corrected chi connectivity index (χ2v) is 7.44. The molecule has 0 aromatic rings. The van der Waals surface area contributed by atoms with Crippen molar-refractivity contribution in [2.45, 2.75) is 77.7 Å². The van der Waals surface area contributed by atoms with Gasteiger partial charge in [0, 0.05) is 12.5 Å². The van der Waals surface area contributed by atoms with E-state index in [9.17, 15) is 4.79 Å². The van der Waals surface area contributed by atoms with E-state index < -0.39 is 0 Å². The number of rotatable bonds is 4. The van der Waals surface area contributed by atoms with Crippen LogP contribution in [0.1, 0.15) is 71.6 Å². The van der Waals surface area contributed by atoms with Gasteiger partial charge in [0.1, 0.15) is 0 Å². The molecule has 20 heavy (non-hydrogen) atoms. The van der Waals surface area contributed by atoms with Crippen molar-refractivity contribution in [2.24, 2.45) is 16.6 Å². The molecule has 2 aliphatic carbocycles. The summed E-state index contributed by atoms with van der Waals surface area (Å²) in [6.07, 6.45) is 10.3. The number of halogens is 1. The molecule has 2 saturated carbocycles. The van der Waals surface area contributed by atoms with Gasteiger partial charge in [-0.05, 0) is 43.1 Å². The van der Waals surface area contributed by atoms with Crippen molar-refractivity contribution in [3.8, 4) is 0 Å². The molecule has 4 heteroatoms. The van der Waals surface area contributed by atoms with E-state index in [1.807, 2.05) is 0 Å². The summed E-state index contributed by atoms with van der Waals surface area (Å²) < 4.78 is 0. The van der Waals surface area contributed by atoms with E-state index in [0.29, 0.717) is 19.0 Å². The Hall–Kier alpha value is -0.280. The van der Waals surface area contributed by atoms with E-state index in [0.717, 1.165) is 19.3 Å². The highest BCUT2D eigenvalue weighted by molar-refractivity contribution is 5.85. The van der Waals surface area contributed by atoms with E-state index >= 15 is 0 Å². The lowest BCUT2D eigenvalue weighted by molar-refractivity contribution is -0.125. The molecule has 1 amide bonds. The van der Waals surface area contributed by atoms with Gasteiger partial charge >= 0.3 is 0 Å². The third kappa shape index (κ3) is 4.11. The summed E-state index contributed by atoms with van der Waals surface area (Å²) in [5.74, 6) is 0.229. The van der Waals surface area contributed by atoms with Crippen molar-refractivity contribution in [1.29, 1.82) is 0 Å². The van der Waals surface area contributed by atoms with E-state index in [-0.39, 0.29) is 29.1 Å². The van der Waals surface area contributed by atoms with E-state index in [2.05, 4.69) is 19.2 Å². The molecule has 0 spiro atoms. The quantitative estimate of drug-likeness (QED) is 0.836. The van der Waals surface area contributed by atoms with Gasteiger partial charge in [0.2, 0.25) is 5.91 Å². The highest BCUT2D eigenvalue weighted by Crippen LogP contribution is 2.40. The van der Waals surface area contributed by atoms with Gasteiger partial charge in [0.05, 0.1) is 0 Å². The van der Waals surface area contributed by atoms with Crippen molar-refractivity contribution in [3.05, 3.63) is 0 Å². The molecule has 0 radical (unpaired) electrons. The van der Waals surface area contributed by atoms with Gasteiger partial charge in [-0.25, -0.2) is 0 Å². The summed E-state index contributed by atoms with van der Waals surface area (Å²) in [5, 5.41) is 3.28. The van der Waals surface area contributed by atoms with Crippen LogP contribution in [0.15, 0.2) is 0 Å². The minimum absolute atomic E-state index is 0. The zero-order chi connectivity index (χ0) is 13.9. The largest absolute Gasteiger partial charge is 0.353 e. The molecular formula is C16H31ClN2O. The van der Waals surface area contributed by atoms with Crippen LogP contribution in [0.4, 0.5) is 0 Å².